The number of furan rings is 1. The van der Waals surface area contributed by atoms with E-state index in [0.717, 1.165) is 5.56 Å². The highest BCUT2D eigenvalue weighted by molar-refractivity contribution is 7.14. The molecule has 0 saturated carbocycles. The molecule has 0 spiro atoms. The van der Waals surface area contributed by atoms with Crippen LogP contribution in [0.4, 0.5) is 5.00 Å². The van der Waals surface area contributed by atoms with Gasteiger partial charge in [0.25, 0.3) is 5.91 Å². The van der Waals surface area contributed by atoms with Gasteiger partial charge in [-0.05, 0) is 28.5 Å². The maximum Gasteiger partial charge on any atom is 0.291 e. The van der Waals surface area contributed by atoms with Crippen molar-refractivity contribution in [2.45, 2.75) is 26.2 Å². The first-order chi connectivity index (χ1) is 8.93. The van der Waals surface area contributed by atoms with Crippen LogP contribution in [0.2, 0.25) is 0 Å². The van der Waals surface area contributed by atoms with Crippen molar-refractivity contribution in [3.05, 3.63) is 40.7 Å². The maximum atomic E-state index is 11.9. The van der Waals surface area contributed by atoms with Gasteiger partial charge in [-0.3, -0.25) is 4.79 Å². The van der Waals surface area contributed by atoms with Gasteiger partial charge in [0.15, 0.2) is 5.76 Å². The van der Waals surface area contributed by atoms with Gasteiger partial charge >= 0.3 is 0 Å². The van der Waals surface area contributed by atoms with Gasteiger partial charge in [0.1, 0.15) is 11.1 Å². The Labute approximate surface area is 115 Å². The first-order valence-corrected chi connectivity index (χ1v) is 6.68. The summed E-state index contributed by atoms with van der Waals surface area (Å²) < 4.78 is 5.02. The fourth-order valence-corrected chi connectivity index (χ4v) is 2.82. The molecule has 0 aliphatic heterocycles. The molecule has 0 fully saturated rings. The third-order valence-electron chi connectivity index (χ3n) is 2.68. The van der Waals surface area contributed by atoms with E-state index in [1.165, 1.54) is 17.6 Å². The van der Waals surface area contributed by atoms with Gasteiger partial charge in [0, 0.05) is 0 Å². The molecule has 98 valence electrons. The van der Waals surface area contributed by atoms with E-state index >= 15 is 0 Å². The lowest BCUT2D eigenvalue weighted by atomic mass is 9.86. The average Bonchev–Trinajstić information content (AvgIpc) is 2.96. The highest BCUT2D eigenvalue weighted by Gasteiger charge is 2.23. The Hall–Kier alpha value is -2.06. The third-order valence-corrected chi connectivity index (χ3v) is 3.58. The fraction of sp³-hybridized carbons (Fsp3) is 0.286. The van der Waals surface area contributed by atoms with Crippen LogP contribution in [-0.2, 0) is 5.41 Å². The maximum absolute atomic E-state index is 11.9. The number of hydrogen-bond donors (Lipinski definition) is 1. The zero-order valence-corrected chi connectivity index (χ0v) is 11.8. The molecule has 0 bridgehead atoms. The minimum Gasteiger partial charge on any atom is -0.459 e. The van der Waals surface area contributed by atoms with Crippen LogP contribution >= 0.6 is 11.3 Å². The lowest BCUT2D eigenvalue weighted by Crippen LogP contribution is -2.14. The Morgan fingerprint density at radius 3 is 2.74 bits per heavy atom. The van der Waals surface area contributed by atoms with Gasteiger partial charge in [-0.1, -0.05) is 20.8 Å². The highest BCUT2D eigenvalue weighted by Crippen LogP contribution is 2.35. The minimum absolute atomic E-state index is 0.130. The van der Waals surface area contributed by atoms with Crippen molar-refractivity contribution in [1.82, 2.24) is 0 Å². The van der Waals surface area contributed by atoms with E-state index in [1.807, 2.05) is 26.2 Å². The summed E-state index contributed by atoms with van der Waals surface area (Å²) in [6.07, 6.45) is 1.44. The molecule has 1 N–H and O–H groups in total. The Bertz CT molecular complexity index is 627. The quantitative estimate of drug-likeness (QED) is 0.906. The second-order valence-corrected chi connectivity index (χ2v) is 6.03. The lowest BCUT2D eigenvalue weighted by Gasteiger charge is -2.17. The van der Waals surface area contributed by atoms with Crippen LogP contribution in [0.3, 0.4) is 0 Å². The van der Waals surface area contributed by atoms with Crippen LogP contribution in [0.15, 0.2) is 28.2 Å². The number of rotatable bonds is 2. The summed E-state index contributed by atoms with van der Waals surface area (Å²) in [5.41, 5.74) is 1.34. The molecular formula is C14H14N2O2S. The zero-order valence-electron chi connectivity index (χ0n) is 11.0. The van der Waals surface area contributed by atoms with Crippen LogP contribution in [-0.4, -0.2) is 5.91 Å². The van der Waals surface area contributed by atoms with E-state index in [0.29, 0.717) is 10.6 Å². The summed E-state index contributed by atoms with van der Waals surface area (Å²) in [6.45, 7) is 6.11. The average molecular weight is 274 g/mol. The standard InChI is InChI=1S/C14H14N2O2S/c1-14(2,3)10-8-19-13(9(10)7-15)16-12(17)11-5-4-6-18-11/h4-6,8H,1-3H3,(H,16,17). The third kappa shape index (κ3) is 2.69. The predicted molar refractivity (Wildman–Crippen MR) is 74.4 cm³/mol. The van der Waals surface area contributed by atoms with Crippen LogP contribution in [0, 0.1) is 11.3 Å². The fourth-order valence-electron chi connectivity index (χ4n) is 1.69. The molecule has 0 aliphatic carbocycles. The monoisotopic (exact) mass is 274 g/mol. The van der Waals surface area contributed by atoms with Crippen molar-refractivity contribution < 1.29 is 9.21 Å². The smallest absolute Gasteiger partial charge is 0.291 e. The summed E-state index contributed by atoms with van der Waals surface area (Å²) in [5, 5.41) is 14.5. The van der Waals surface area contributed by atoms with E-state index < -0.39 is 0 Å². The second-order valence-electron chi connectivity index (χ2n) is 5.15. The Kier molecular flexibility index (Phi) is 3.45. The van der Waals surface area contributed by atoms with Gasteiger partial charge in [-0.2, -0.15) is 5.26 Å². The second kappa shape index (κ2) is 4.90. The number of amides is 1. The SMILES string of the molecule is CC(C)(C)c1csc(NC(=O)c2ccco2)c1C#N. The number of carbonyl (C=O) groups excluding carboxylic acids is 1. The van der Waals surface area contributed by atoms with Crippen LogP contribution in [0.1, 0.15) is 42.5 Å². The number of anilines is 1. The molecule has 2 aromatic rings. The molecule has 0 atom stereocenters. The highest BCUT2D eigenvalue weighted by atomic mass is 32.1. The number of carbonyl (C=O) groups is 1. The largest absolute Gasteiger partial charge is 0.459 e. The zero-order chi connectivity index (χ0) is 14.0. The first kappa shape index (κ1) is 13.4. The summed E-state index contributed by atoms with van der Waals surface area (Å²) in [7, 11) is 0. The molecule has 1 amide bonds. The van der Waals surface area contributed by atoms with Gasteiger partial charge in [0.05, 0.1) is 11.8 Å². The van der Waals surface area contributed by atoms with E-state index in [1.54, 1.807) is 12.1 Å². The number of hydrogen-bond acceptors (Lipinski definition) is 4. The molecule has 0 radical (unpaired) electrons. The van der Waals surface area contributed by atoms with Crippen LogP contribution < -0.4 is 5.32 Å². The van der Waals surface area contributed by atoms with Gasteiger partial charge in [-0.25, -0.2) is 0 Å². The van der Waals surface area contributed by atoms with Crippen LogP contribution in [0.25, 0.3) is 0 Å². The Morgan fingerprint density at radius 2 is 2.21 bits per heavy atom. The summed E-state index contributed by atoms with van der Waals surface area (Å²) in [4.78, 5) is 11.9. The summed E-state index contributed by atoms with van der Waals surface area (Å²) in [6, 6.07) is 5.40. The normalized spacial score (nSPS) is 11.1. The first-order valence-electron chi connectivity index (χ1n) is 5.80. The van der Waals surface area contributed by atoms with Crippen molar-refractivity contribution in [3.8, 4) is 6.07 Å². The molecule has 0 unspecified atom stereocenters. The topological polar surface area (TPSA) is 66.0 Å². The predicted octanol–water partition coefficient (Wildman–Crippen LogP) is 3.76. The molecular weight excluding hydrogens is 260 g/mol. The van der Waals surface area contributed by atoms with Gasteiger partial charge < -0.3 is 9.73 Å². The van der Waals surface area contributed by atoms with Crippen molar-refractivity contribution in [2.75, 3.05) is 5.32 Å². The molecule has 0 saturated heterocycles. The molecule has 4 nitrogen and oxygen atoms in total. The van der Waals surface area contributed by atoms with E-state index in [4.69, 9.17) is 4.42 Å². The molecule has 19 heavy (non-hydrogen) atoms. The van der Waals surface area contributed by atoms with Crippen molar-refractivity contribution in [1.29, 1.82) is 5.26 Å². The molecule has 2 aromatic heterocycles. The van der Waals surface area contributed by atoms with E-state index in [2.05, 4.69) is 11.4 Å². The number of nitriles is 1. The van der Waals surface area contributed by atoms with Crippen molar-refractivity contribution in [2.24, 2.45) is 0 Å². The van der Waals surface area contributed by atoms with Gasteiger partial charge in [0.2, 0.25) is 0 Å². The van der Waals surface area contributed by atoms with E-state index in [-0.39, 0.29) is 17.1 Å². The van der Waals surface area contributed by atoms with Gasteiger partial charge in [-0.15, -0.1) is 11.3 Å². The molecule has 0 aliphatic rings. The number of thiophene rings is 1. The number of nitrogens with zero attached hydrogens (tertiary/aromatic N) is 1. The molecule has 5 heteroatoms. The van der Waals surface area contributed by atoms with Crippen molar-refractivity contribution >= 4 is 22.2 Å². The Balaban J connectivity index is 2.30. The van der Waals surface area contributed by atoms with Crippen LogP contribution in [0.5, 0.6) is 0 Å². The summed E-state index contributed by atoms with van der Waals surface area (Å²) in [5.74, 6) is -0.113. The molecule has 2 heterocycles. The van der Waals surface area contributed by atoms with E-state index in [9.17, 15) is 10.1 Å². The minimum atomic E-state index is -0.344. The molecule has 2 rings (SSSR count). The lowest BCUT2D eigenvalue weighted by molar-refractivity contribution is 0.0997. The molecule has 0 aromatic carbocycles. The summed E-state index contributed by atoms with van der Waals surface area (Å²) >= 11 is 1.36. The number of nitrogens with one attached hydrogen (secondary N) is 1. The van der Waals surface area contributed by atoms with Crippen molar-refractivity contribution in [3.63, 3.8) is 0 Å². The Morgan fingerprint density at radius 1 is 1.47 bits per heavy atom.